The Morgan fingerprint density at radius 3 is 2.20 bits per heavy atom. The summed E-state index contributed by atoms with van der Waals surface area (Å²) in [5.41, 5.74) is 0.897. The molecule has 2 aromatic carbocycles. The zero-order valence-electron chi connectivity index (χ0n) is 13.3. The van der Waals surface area contributed by atoms with Crippen molar-refractivity contribution in [2.45, 2.75) is 12.5 Å². The number of nitrogens with zero attached hydrogens (tertiary/aromatic N) is 1. The highest BCUT2D eigenvalue weighted by molar-refractivity contribution is 5.94. The molecule has 25 heavy (non-hydrogen) atoms. The van der Waals surface area contributed by atoms with E-state index in [1.807, 2.05) is 0 Å². The monoisotopic (exact) mass is 345 g/mol. The number of hydrogen-bond acceptors (Lipinski definition) is 2. The molecule has 1 heterocycles. The molecule has 2 N–H and O–H groups in total. The zero-order chi connectivity index (χ0) is 17.8. The minimum Gasteiger partial charge on any atom is -0.337 e. The summed E-state index contributed by atoms with van der Waals surface area (Å²) in [7, 11) is 0. The topological polar surface area (TPSA) is 61.4 Å². The summed E-state index contributed by atoms with van der Waals surface area (Å²) in [5, 5.41) is 5.41. The predicted molar refractivity (Wildman–Crippen MR) is 89.3 cm³/mol. The Kier molecular flexibility index (Phi) is 4.92. The van der Waals surface area contributed by atoms with Crippen molar-refractivity contribution >= 4 is 17.6 Å². The summed E-state index contributed by atoms with van der Waals surface area (Å²) < 4.78 is 25.8. The molecule has 0 radical (unpaired) electrons. The Morgan fingerprint density at radius 1 is 0.960 bits per heavy atom. The number of amides is 3. The van der Waals surface area contributed by atoms with Gasteiger partial charge in [-0.05, 0) is 55.0 Å². The van der Waals surface area contributed by atoms with Gasteiger partial charge in [-0.2, -0.15) is 0 Å². The molecule has 3 rings (SSSR count). The van der Waals surface area contributed by atoms with Crippen molar-refractivity contribution in [3.63, 3.8) is 0 Å². The second-order valence-corrected chi connectivity index (χ2v) is 5.85. The molecule has 0 aromatic heterocycles. The van der Waals surface area contributed by atoms with Crippen molar-refractivity contribution in [1.82, 2.24) is 10.2 Å². The van der Waals surface area contributed by atoms with E-state index in [9.17, 15) is 18.4 Å². The number of anilines is 1. The van der Waals surface area contributed by atoms with Crippen LogP contribution in [0.2, 0.25) is 0 Å². The van der Waals surface area contributed by atoms with E-state index in [0.29, 0.717) is 30.8 Å². The van der Waals surface area contributed by atoms with E-state index in [1.54, 1.807) is 4.90 Å². The van der Waals surface area contributed by atoms with Crippen LogP contribution >= 0.6 is 0 Å². The molecule has 5 nitrogen and oxygen atoms in total. The van der Waals surface area contributed by atoms with Gasteiger partial charge in [-0.1, -0.05) is 0 Å². The third kappa shape index (κ3) is 4.32. The highest BCUT2D eigenvalue weighted by Crippen LogP contribution is 2.15. The molecular weight excluding hydrogens is 328 g/mol. The van der Waals surface area contributed by atoms with Gasteiger partial charge in [0.05, 0.1) is 0 Å². The van der Waals surface area contributed by atoms with Crippen LogP contribution in [0.5, 0.6) is 0 Å². The molecule has 0 saturated carbocycles. The minimum absolute atomic E-state index is 0.176. The first kappa shape index (κ1) is 16.9. The maximum Gasteiger partial charge on any atom is 0.319 e. The average molecular weight is 345 g/mol. The summed E-state index contributed by atoms with van der Waals surface area (Å²) in [6.07, 6.45) is 0.629. The van der Waals surface area contributed by atoms with Crippen LogP contribution in [0.3, 0.4) is 0 Å². The SMILES string of the molecule is O=C(Nc1ccc(F)cc1)N[C@H]1CCN(C(=O)c2ccc(F)cc2)C1. The summed E-state index contributed by atoms with van der Waals surface area (Å²) in [4.78, 5) is 25.9. The van der Waals surface area contributed by atoms with E-state index in [0.717, 1.165) is 0 Å². The number of halogens is 2. The predicted octanol–water partition coefficient (Wildman–Crippen LogP) is 3.00. The lowest BCUT2D eigenvalue weighted by molar-refractivity contribution is 0.0789. The second-order valence-electron chi connectivity index (χ2n) is 5.85. The second kappa shape index (κ2) is 7.29. The summed E-state index contributed by atoms with van der Waals surface area (Å²) in [6, 6.07) is 10.2. The van der Waals surface area contributed by atoms with E-state index in [-0.39, 0.29) is 17.8 Å². The number of carbonyl (C=O) groups is 2. The number of urea groups is 1. The fraction of sp³-hybridized carbons (Fsp3) is 0.222. The van der Waals surface area contributed by atoms with Gasteiger partial charge in [0.2, 0.25) is 0 Å². The fourth-order valence-corrected chi connectivity index (χ4v) is 2.72. The van der Waals surface area contributed by atoms with Gasteiger partial charge in [-0.15, -0.1) is 0 Å². The number of rotatable bonds is 3. The van der Waals surface area contributed by atoms with Crippen LogP contribution in [-0.4, -0.2) is 36.0 Å². The average Bonchev–Trinajstić information content (AvgIpc) is 3.05. The van der Waals surface area contributed by atoms with Gasteiger partial charge in [0.15, 0.2) is 0 Å². The van der Waals surface area contributed by atoms with Gasteiger partial charge >= 0.3 is 6.03 Å². The summed E-state index contributed by atoms with van der Waals surface area (Å²) in [6.45, 7) is 0.894. The smallest absolute Gasteiger partial charge is 0.319 e. The van der Waals surface area contributed by atoms with Gasteiger partial charge in [-0.25, -0.2) is 13.6 Å². The van der Waals surface area contributed by atoms with E-state index < -0.39 is 11.8 Å². The third-order valence-corrected chi connectivity index (χ3v) is 4.00. The Labute approximate surface area is 143 Å². The molecule has 7 heteroatoms. The maximum absolute atomic E-state index is 12.9. The van der Waals surface area contributed by atoms with Crippen molar-refractivity contribution in [1.29, 1.82) is 0 Å². The molecule has 3 amide bonds. The van der Waals surface area contributed by atoms with E-state index >= 15 is 0 Å². The van der Waals surface area contributed by atoms with Crippen LogP contribution in [0.25, 0.3) is 0 Å². The summed E-state index contributed by atoms with van der Waals surface area (Å²) >= 11 is 0. The Morgan fingerprint density at radius 2 is 1.56 bits per heavy atom. The first-order valence-corrected chi connectivity index (χ1v) is 7.89. The van der Waals surface area contributed by atoms with Crippen LogP contribution in [0, 0.1) is 11.6 Å². The first-order chi connectivity index (χ1) is 12.0. The molecule has 0 unspecified atom stereocenters. The quantitative estimate of drug-likeness (QED) is 0.898. The number of hydrogen-bond donors (Lipinski definition) is 2. The maximum atomic E-state index is 12.9. The van der Waals surface area contributed by atoms with Crippen LogP contribution < -0.4 is 10.6 Å². The lowest BCUT2D eigenvalue weighted by Crippen LogP contribution is -2.40. The van der Waals surface area contributed by atoms with Gasteiger partial charge in [-0.3, -0.25) is 4.79 Å². The molecular formula is C18H17F2N3O2. The molecule has 1 fully saturated rings. The molecule has 1 aliphatic heterocycles. The van der Waals surface area contributed by atoms with Crippen molar-refractivity contribution in [3.8, 4) is 0 Å². The van der Waals surface area contributed by atoms with Gasteiger partial charge in [0, 0.05) is 30.4 Å². The van der Waals surface area contributed by atoms with E-state index in [2.05, 4.69) is 10.6 Å². The van der Waals surface area contributed by atoms with Crippen LogP contribution in [0.1, 0.15) is 16.8 Å². The highest BCUT2D eigenvalue weighted by atomic mass is 19.1. The third-order valence-electron chi connectivity index (χ3n) is 4.00. The first-order valence-electron chi connectivity index (χ1n) is 7.89. The molecule has 0 bridgehead atoms. The van der Waals surface area contributed by atoms with E-state index in [4.69, 9.17) is 0 Å². The molecule has 2 aromatic rings. The zero-order valence-corrected chi connectivity index (χ0v) is 13.3. The van der Waals surface area contributed by atoms with Crippen LogP contribution in [0.4, 0.5) is 19.3 Å². The molecule has 1 saturated heterocycles. The number of likely N-dealkylation sites (tertiary alicyclic amines) is 1. The van der Waals surface area contributed by atoms with Crippen molar-refractivity contribution in [2.24, 2.45) is 0 Å². The molecule has 0 aliphatic carbocycles. The Hall–Kier alpha value is -2.96. The molecule has 130 valence electrons. The Bertz CT molecular complexity index is 763. The number of benzene rings is 2. The highest BCUT2D eigenvalue weighted by Gasteiger charge is 2.28. The van der Waals surface area contributed by atoms with E-state index in [1.165, 1.54) is 48.5 Å². The lowest BCUT2D eigenvalue weighted by Gasteiger charge is -2.17. The lowest BCUT2D eigenvalue weighted by atomic mass is 10.2. The van der Waals surface area contributed by atoms with Crippen molar-refractivity contribution in [3.05, 3.63) is 65.7 Å². The largest absolute Gasteiger partial charge is 0.337 e. The Balaban J connectivity index is 1.52. The van der Waals surface area contributed by atoms with Gasteiger partial charge in [0.25, 0.3) is 5.91 Å². The molecule has 1 aliphatic rings. The van der Waals surface area contributed by atoms with Crippen molar-refractivity contribution in [2.75, 3.05) is 18.4 Å². The normalized spacial score (nSPS) is 16.6. The van der Waals surface area contributed by atoms with Gasteiger partial charge < -0.3 is 15.5 Å². The van der Waals surface area contributed by atoms with Crippen molar-refractivity contribution < 1.29 is 18.4 Å². The number of carbonyl (C=O) groups excluding carboxylic acids is 2. The van der Waals surface area contributed by atoms with Crippen LogP contribution in [-0.2, 0) is 0 Å². The fourth-order valence-electron chi connectivity index (χ4n) is 2.72. The molecule has 0 spiro atoms. The van der Waals surface area contributed by atoms with Crippen LogP contribution in [0.15, 0.2) is 48.5 Å². The summed E-state index contributed by atoms with van der Waals surface area (Å²) in [5.74, 6) is -0.963. The molecule has 1 atom stereocenters. The number of nitrogens with one attached hydrogen (secondary N) is 2. The minimum atomic E-state index is -0.410. The van der Waals surface area contributed by atoms with Gasteiger partial charge in [0.1, 0.15) is 11.6 Å². The standard InChI is InChI=1S/C18H17F2N3O2/c19-13-3-1-12(2-4-13)17(24)23-10-9-16(11-23)22-18(25)21-15-7-5-14(20)6-8-15/h1-8,16H,9-11H2,(H2,21,22,25)/t16-/m0/s1.